The van der Waals surface area contributed by atoms with Gasteiger partial charge in [0.2, 0.25) is 0 Å². The molecule has 0 aromatic carbocycles. The Morgan fingerprint density at radius 1 is 1.80 bits per heavy atom. The third kappa shape index (κ3) is 7.35. The molecule has 0 radical (unpaired) electrons. The van der Waals surface area contributed by atoms with Gasteiger partial charge >= 0.3 is 5.97 Å². The van der Waals surface area contributed by atoms with Crippen molar-refractivity contribution in [1.29, 1.82) is 0 Å². The van der Waals surface area contributed by atoms with Crippen LogP contribution >= 0.6 is 0 Å². The lowest BCUT2D eigenvalue weighted by Gasteiger charge is -2.01. The highest BCUT2D eigenvalue weighted by Crippen LogP contribution is 1.95. The van der Waals surface area contributed by atoms with Gasteiger partial charge in [-0.3, -0.25) is 4.79 Å². The fraction of sp³-hybridized carbons (Fsp3) is 0.375. The number of carbonyl (C=O) groups excluding carboxylic acids is 1. The normalized spacial score (nSPS) is 10.3. The Balaban J connectivity index is 0. The molecule has 0 saturated heterocycles. The van der Waals surface area contributed by atoms with Gasteiger partial charge in [0.05, 0.1) is 12.0 Å². The van der Waals surface area contributed by atoms with Gasteiger partial charge in [0.25, 0.3) is 0 Å². The molecular formula is C8H15N3O4. The number of nitrogens with zero attached hydrogens (tertiary/aromatic N) is 1. The van der Waals surface area contributed by atoms with Gasteiger partial charge in [-0.25, -0.2) is 4.98 Å². The number of aromatic nitrogens is 2. The van der Waals surface area contributed by atoms with Gasteiger partial charge in [0, 0.05) is 12.6 Å². The first kappa shape index (κ1) is 15.7. The molecule has 7 nitrogen and oxygen atoms in total. The second-order valence-electron chi connectivity index (χ2n) is 2.45. The first-order valence-electron chi connectivity index (χ1n) is 3.97. The van der Waals surface area contributed by atoms with Crippen molar-refractivity contribution in [2.75, 3.05) is 0 Å². The van der Waals surface area contributed by atoms with E-state index in [-0.39, 0.29) is 11.9 Å². The topological polar surface area (TPSA) is 141 Å². The number of carboxylic acid groups (broad SMARTS) is 1. The standard InChI is InChI=1S/C6H9N3O2.C2H4O.H2O/c7-5(6(10)11)1-4-2-8-3-9-4;1-2-3;/h2-3,5H,1,7H2,(H,8,9)(H,10,11);2H,1H3;1H2/t5-;;/m0../s1. The minimum atomic E-state index is -1.01. The van der Waals surface area contributed by atoms with Crippen molar-refractivity contribution < 1.29 is 20.2 Å². The molecule has 0 unspecified atom stereocenters. The molecular weight excluding hydrogens is 202 g/mol. The van der Waals surface area contributed by atoms with E-state index in [4.69, 9.17) is 15.6 Å². The maximum atomic E-state index is 10.3. The van der Waals surface area contributed by atoms with Crippen LogP contribution in [-0.4, -0.2) is 38.8 Å². The van der Waals surface area contributed by atoms with Crippen LogP contribution in [0.5, 0.6) is 0 Å². The number of nitrogens with one attached hydrogen (secondary N) is 1. The van der Waals surface area contributed by atoms with Crippen molar-refractivity contribution in [3.05, 3.63) is 18.2 Å². The molecule has 0 amide bonds. The number of carboxylic acids is 1. The summed E-state index contributed by atoms with van der Waals surface area (Å²) >= 11 is 0. The molecule has 1 rings (SSSR count). The monoisotopic (exact) mass is 217 g/mol. The number of carbonyl (C=O) groups is 2. The summed E-state index contributed by atoms with van der Waals surface area (Å²) in [6.45, 7) is 1.44. The van der Waals surface area contributed by atoms with E-state index >= 15 is 0 Å². The van der Waals surface area contributed by atoms with E-state index < -0.39 is 12.0 Å². The van der Waals surface area contributed by atoms with Gasteiger partial charge in [0.15, 0.2) is 0 Å². The van der Waals surface area contributed by atoms with Crippen molar-refractivity contribution in [2.45, 2.75) is 19.4 Å². The molecule has 0 spiro atoms. The third-order valence-electron chi connectivity index (χ3n) is 1.30. The molecule has 86 valence electrons. The van der Waals surface area contributed by atoms with Crippen molar-refractivity contribution in [1.82, 2.24) is 9.97 Å². The summed E-state index contributed by atoms with van der Waals surface area (Å²) < 4.78 is 0. The van der Waals surface area contributed by atoms with Crippen LogP contribution in [0.2, 0.25) is 0 Å². The zero-order valence-electron chi connectivity index (χ0n) is 8.30. The minimum Gasteiger partial charge on any atom is -0.480 e. The molecule has 0 aliphatic rings. The fourth-order valence-corrected chi connectivity index (χ4v) is 0.715. The second-order valence-corrected chi connectivity index (χ2v) is 2.45. The average Bonchev–Trinajstić information content (AvgIpc) is 2.58. The number of aromatic amines is 1. The average molecular weight is 217 g/mol. The first-order valence-corrected chi connectivity index (χ1v) is 3.97. The van der Waals surface area contributed by atoms with E-state index in [0.29, 0.717) is 5.69 Å². The third-order valence-corrected chi connectivity index (χ3v) is 1.30. The highest BCUT2D eigenvalue weighted by molar-refractivity contribution is 5.73. The number of hydrogen-bond acceptors (Lipinski definition) is 4. The fourth-order valence-electron chi connectivity index (χ4n) is 0.715. The minimum absolute atomic E-state index is 0. The molecule has 1 atom stereocenters. The Morgan fingerprint density at radius 3 is 2.67 bits per heavy atom. The van der Waals surface area contributed by atoms with Crippen molar-refractivity contribution >= 4 is 12.3 Å². The maximum Gasteiger partial charge on any atom is 0.320 e. The predicted octanol–water partition coefficient (Wildman–Crippen LogP) is -1.26. The summed E-state index contributed by atoms with van der Waals surface area (Å²) in [6, 6.07) is -0.863. The van der Waals surface area contributed by atoms with Crippen LogP contribution in [0.15, 0.2) is 12.5 Å². The SMILES string of the molecule is CC=O.N[C@@H](Cc1c[nH]cn1)C(=O)O.O. The van der Waals surface area contributed by atoms with Crippen molar-refractivity contribution in [2.24, 2.45) is 5.73 Å². The van der Waals surface area contributed by atoms with Crippen LogP contribution in [0.3, 0.4) is 0 Å². The highest BCUT2D eigenvalue weighted by atomic mass is 16.4. The predicted molar refractivity (Wildman–Crippen MR) is 53.3 cm³/mol. The molecule has 0 saturated carbocycles. The first-order chi connectivity index (χ1) is 6.61. The van der Waals surface area contributed by atoms with Crippen LogP contribution in [-0.2, 0) is 16.0 Å². The van der Waals surface area contributed by atoms with Gasteiger partial charge in [-0.05, 0) is 6.92 Å². The Labute approximate surface area is 86.6 Å². The van der Waals surface area contributed by atoms with E-state index in [9.17, 15) is 4.79 Å². The smallest absolute Gasteiger partial charge is 0.320 e. The van der Waals surface area contributed by atoms with Crippen LogP contribution in [0.4, 0.5) is 0 Å². The molecule has 6 N–H and O–H groups in total. The number of H-pyrrole nitrogens is 1. The van der Waals surface area contributed by atoms with E-state index in [2.05, 4.69) is 9.97 Å². The molecule has 7 heteroatoms. The van der Waals surface area contributed by atoms with Gasteiger partial charge in [-0.2, -0.15) is 0 Å². The summed E-state index contributed by atoms with van der Waals surface area (Å²) in [5.41, 5.74) is 5.92. The summed E-state index contributed by atoms with van der Waals surface area (Å²) in [7, 11) is 0. The van der Waals surface area contributed by atoms with E-state index in [1.54, 1.807) is 6.20 Å². The highest BCUT2D eigenvalue weighted by Gasteiger charge is 2.12. The zero-order valence-corrected chi connectivity index (χ0v) is 8.30. The Bertz CT molecular complexity index is 273. The molecule has 0 aliphatic heterocycles. The van der Waals surface area contributed by atoms with E-state index in [1.807, 2.05) is 0 Å². The lowest BCUT2D eigenvalue weighted by atomic mass is 10.2. The number of imidazole rings is 1. The van der Waals surface area contributed by atoms with Crippen molar-refractivity contribution in [3.8, 4) is 0 Å². The molecule has 1 aromatic heterocycles. The molecule has 15 heavy (non-hydrogen) atoms. The van der Waals surface area contributed by atoms with Gasteiger partial charge < -0.3 is 26.1 Å². The second kappa shape index (κ2) is 8.85. The number of nitrogens with two attached hydrogens (primary N) is 1. The largest absolute Gasteiger partial charge is 0.480 e. The summed E-state index contributed by atoms with van der Waals surface area (Å²) in [4.78, 5) is 25.6. The summed E-state index contributed by atoms with van der Waals surface area (Å²) in [6.07, 6.45) is 4.13. The Morgan fingerprint density at radius 2 is 2.33 bits per heavy atom. The van der Waals surface area contributed by atoms with Gasteiger partial charge in [-0.15, -0.1) is 0 Å². The lowest BCUT2D eigenvalue weighted by molar-refractivity contribution is -0.138. The van der Waals surface area contributed by atoms with E-state index in [0.717, 1.165) is 6.29 Å². The molecule has 0 fully saturated rings. The summed E-state index contributed by atoms with van der Waals surface area (Å²) in [5.74, 6) is -1.01. The Hall–Kier alpha value is -1.73. The lowest BCUT2D eigenvalue weighted by Crippen LogP contribution is -2.32. The molecule has 1 aromatic rings. The summed E-state index contributed by atoms with van der Waals surface area (Å²) in [5, 5.41) is 8.42. The van der Waals surface area contributed by atoms with Crippen molar-refractivity contribution in [3.63, 3.8) is 0 Å². The van der Waals surface area contributed by atoms with Crippen LogP contribution in [0, 0.1) is 0 Å². The van der Waals surface area contributed by atoms with E-state index in [1.165, 1.54) is 13.3 Å². The zero-order chi connectivity index (χ0) is 11.0. The maximum absolute atomic E-state index is 10.3. The number of aliphatic carboxylic acids is 1. The van der Waals surface area contributed by atoms with Crippen LogP contribution < -0.4 is 5.73 Å². The van der Waals surface area contributed by atoms with Gasteiger partial charge in [0.1, 0.15) is 12.3 Å². The number of aldehydes is 1. The number of rotatable bonds is 3. The van der Waals surface area contributed by atoms with Gasteiger partial charge in [-0.1, -0.05) is 0 Å². The molecule has 0 aliphatic carbocycles. The Kier molecular flexibility index (Phi) is 9.28. The number of hydrogen-bond donors (Lipinski definition) is 3. The quantitative estimate of drug-likeness (QED) is 0.542. The van der Waals surface area contributed by atoms with Crippen LogP contribution in [0.25, 0.3) is 0 Å². The van der Waals surface area contributed by atoms with Crippen LogP contribution in [0.1, 0.15) is 12.6 Å². The molecule has 1 heterocycles. The molecule has 0 bridgehead atoms.